The fourth-order valence-corrected chi connectivity index (χ4v) is 4.02. The highest BCUT2D eigenvalue weighted by atomic mass is 79.9. The second kappa shape index (κ2) is 7.61. The number of amides is 1. The van der Waals surface area contributed by atoms with E-state index in [-0.39, 0.29) is 10.6 Å². The summed E-state index contributed by atoms with van der Waals surface area (Å²) in [7, 11) is 0. The molecule has 26 heavy (non-hydrogen) atoms. The van der Waals surface area contributed by atoms with Crippen molar-refractivity contribution >= 4 is 55.7 Å². The molecular weight excluding hydrogens is 438 g/mol. The van der Waals surface area contributed by atoms with E-state index in [0.717, 1.165) is 15.6 Å². The Morgan fingerprint density at radius 2 is 1.85 bits per heavy atom. The van der Waals surface area contributed by atoms with Crippen LogP contribution in [0.25, 0.3) is 11.1 Å². The number of rotatable bonds is 4. The molecule has 4 nitrogen and oxygen atoms in total. The van der Waals surface area contributed by atoms with Crippen LogP contribution in [0.15, 0.2) is 52.3 Å². The van der Waals surface area contributed by atoms with Crippen LogP contribution in [0.5, 0.6) is 0 Å². The van der Waals surface area contributed by atoms with Crippen molar-refractivity contribution in [3.63, 3.8) is 0 Å². The molecule has 132 valence electrons. The highest BCUT2D eigenvalue weighted by Crippen LogP contribution is 2.36. The first-order chi connectivity index (χ1) is 12.4. The molecule has 1 amide bonds. The van der Waals surface area contributed by atoms with Gasteiger partial charge in [-0.25, -0.2) is 4.79 Å². The van der Waals surface area contributed by atoms with Crippen LogP contribution in [-0.4, -0.2) is 17.0 Å². The van der Waals surface area contributed by atoms with Gasteiger partial charge in [0.2, 0.25) is 0 Å². The van der Waals surface area contributed by atoms with Gasteiger partial charge in [-0.3, -0.25) is 4.79 Å². The van der Waals surface area contributed by atoms with Crippen LogP contribution in [0.4, 0.5) is 5.00 Å². The van der Waals surface area contributed by atoms with Gasteiger partial charge >= 0.3 is 5.97 Å². The number of carbonyl (C=O) groups excluding carboxylic acids is 1. The van der Waals surface area contributed by atoms with Crippen molar-refractivity contribution in [3.05, 3.63) is 74.0 Å². The van der Waals surface area contributed by atoms with Gasteiger partial charge in [0, 0.05) is 15.4 Å². The smallest absolute Gasteiger partial charge is 0.339 e. The van der Waals surface area contributed by atoms with E-state index in [1.807, 2.05) is 31.2 Å². The Hall–Kier alpha value is -2.15. The Bertz CT molecular complexity index is 999. The van der Waals surface area contributed by atoms with Crippen LogP contribution in [0.3, 0.4) is 0 Å². The second-order valence-corrected chi connectivity index (χ2v) is 7.81. The Morgan fingerprint density at radius 3 is 2.46 bits per heavy atom. The van der Waals surface area contributed by atoms with E-state index in [1.165, 1.54) is 11.3 Å². The van der Waals surface area contributed by atoms with Crippen LogP contribution >= 0.6 is 38.9 Å². The van der Waals surface area contributed by atoms with Gasteiger partial charge < -0.3 is 10.4 Å². The van der Waals surface area contributed by atoms with Crippen LogP contribution in [0.2, 0.25) is 5.02 Å². The molecule has 0 radical (unpaired) electrons. The summed E-state index contributed by atoms with van der Waals surface area (Å²) in [6, 6.07) is 12.4. The van der Waals surface area contributed by atoms with E-state index < -0.39 is 11.9 Å². The molecule has 2 aromatic carbocycles. The average molecular weight is 451 g/mol. The van der Waals surface area contributed by atoms with Crippen LogP contribution in [-0.2, 0) is 0 Å². The molecular formula is C19H13BrClNO3S. The molecule has 1 aromatic heterocycles. The van der Waals surface area contributed by atoms with Crippen molar-refractivity contribution in [1.82, 2.24) is 0 Å². The van der Waals surface area contributed by atoms with E-state index in [0.29, 0.717) is 16.1 Å². The molecule has 0 spiro atoms. The van der Waals surface area contributed by atoms with Gasteiger partial charge in [0.15, 0.2) is 0 Å². The van der Waals surface area contributed by atoms with Crippen molar-refractivity contribution in [2.45, 2.75) is 6.92 Å². The molecule has 1 heterocycles. The zero-order valence-corrected chi connectivity index (χ0v) is 16.7. The maximum atomic E-state index is 12.5. The minimum Gasteiger partial charge on any atom is -0.478 e. The SMILES string of the molecule is Cc1ccc(C(=O)Nc2scc(-c3ccc(Br)cc3)c2C(=O)O)c(Cl)c1. The molecule has 3 aromatic rings. The van der Waals surface area contributed by atoms with Gasteiger partial charge in [-0.1, -0.05) is 45.7 Å². The number of aryl methyl sites for hydroxylation is 1. The van der Waals surface area contributed by atoms with Gasteiger partial charge in [0.1, 0.15) is 10.6 Å². The molecule has 0 atom stereocenters. The van der Waals surface area contributed by atoms with Gasteiger partial charge in [-0.05, 0) is 42.3 Å². The van der Waals surface area contributed by atoms with Crippen LogP contribution in [0, 0.1) is 6.92 Å². The first-order valence-corrected chi connectivity index (χ1v) is 9.60. The lowest BCUT2D eigenvalue weighted by molar-refractivity contribution is 0.0699. The molecule has 3 rings (SSSR count). The molecule has 0 saturated carbocycles. The predicted octanol–water partition coefficient (Wildman–Crippen LogP) is 6.09. The first-order valence-electron chi connectivity index (χ1n) is 7.55. The molecule has 0 saturated heterocycles. The summed E-state index contributed by atoms with van der Waals surface area (Å²) < 4.78 is 0.899. The van der Waals surface area contributed by atoms with E-state index in [2.05, 4.69) is 21.2 Å². The number of carbonyl (C=O) groups is 2. The highest BCUT2D eigenvalue weighted by Gasteiger charge is 2.22. The van der Waals surface area contributed by atoms with Crippen molar-refractivity contribution in [1.29, 1.82) is 0 Å². The van der Waals surface area contributed by atoms with Gasteiger partial charge in [-0.15, -0.1) is 11.3 Å². The fraction of sp³-hybridized carbons (Fsp3) is 0.0526. The molecule has 0 aliphatic rings. The highest BCUT2D eigenvalue weighted by molar-refractivity contribution is 9.10. The van der Waals surface area contributed by atoms with Crippen molar-refractivity contribution < 1.29 is 14.7 Å². The number of anilines is 1. The third-order valence-electron chi connectivity index (χ3n) is 3.76. The lowest BCUT2D eigenvalue weighted by Gasteiger charge is -2.08. The number of benzene rings is 2. The third-order valence-corrected chi connectivity index (χ3v) is 5.49. The van der Waals surface area contributed by atoms with E-state index >= 15 is 0 Å². The summed E-state index contributed by atoms with van der Waals surface area (Å²) in [5.74, 6) is -1.55. The maximum Gasteiger partial charge on any atom is 0.339 e. The molecule has 2 N–H and O–H groups in total. The lowest BCUT2D eigenvalue weighted by Crippen LogP contribution is -2.14. The van der Waals surface area contributed by atoms with Crippen molar-refractivity contribution in [2.24, 2.45) is 0 Å². The molecule has 0 bridgehead atoms. The summed E-state index contributed by atoms with van der Waals surface area (Å²) in [5.41, 5.74) is 2.61. The molecule has 0 unspecified atom stereocenters. The minimum absolute atomic E-state index is 0.0638. The number of hydrogen-bond acceptors (Lipinski definition) is 3. The summed E-state index contributed by atoms with van der Waals surface area (Å²) in [4.78, 5) is 24.3. The largest absolute Gasteiger partial charge is 0.478 e. The predicted molar refractivity (Wildman–Crippen MR) is 109 cm³/mol. The number of aromatic carboxylic acids is 1. The molecule has 0 fully saturated rings. The summed E-state index contributed by atoms with van der Waals surface area (Å²) >= 11 is 10.7. The van der Waals surface area contributed by atoms with Crippen LogP contribution in [0.1, 0.15) is 26.3 Å². The Kier molecular flexibility index (Phi) is 5.46. The number of nitrogens with one attached hydrogen (secondary N) is 1. The normalized spacial score (nSPS) is 10.6. The molecule has 0 aliphatic heterocycles. The zero-order valence-electron chi connectivity index (χ0n) is 13.5. The van der Waals surface area contributed by atoms with E-state index in [1.54, 1.807) is 23.6 Å². The number of carboxylic acid groups (broad SMARTS) is 1. The second-order valence-electron chi connectivity index (χ2n) is 5.60. The minimum atomic E-state index is -1.10. The lowest BCUT2D eigenvalue weighted by atomic mass is 10.0. The third kappa shape index (κ3) is 3.82. The summed E-state index contributed by atoms with van der Waals surface area (Å²) in [6.45, 7) is 1.87. The van der Waals surface area contributed by atoms with Gasteiger partial charge in [0.05, 0.1) is 10.6 Å². The quantitative estimate of drug-likeness (QED) is 0.505. The van der Waals surface area contributed by atoms with Gasteiger partial charge in [-0.2, -0.15) is 0 Å². The summed E-state index contributed by atoms with van der Waals surface area (Å²) in [5, 5.41) is 14.6. The first kappa shape index (κ1) is 18.6. The summed E-state index contributed by atoms with van der Waals surface area (Å²) in [6.07, 6.45) is 0. The number of carboxylic acids is 1. The van der Waals surface area contributed by atoms with E-state index in [4.69, 9.17) is 11.6 Å². The Labute approximate surface area is 167 Å². The topological polar surface area (TPSA) is 66.4 Å². The maximum absolute atomic E-state index is 12.5. The monoisotopic (exact) mass is 449 g/mol. The number of halogens is 2. The number of hydrogen-bond donors (Lipinski definition) is 2. The number of thiophene rings is 1. The Morgan fingerprint density at radius 1 is 1.15 bits per heavy atom. The van der Waals surface area contributed by atoms with E-state index in [9.17, 15) is 14.7 Å². The van der Waals surface area contributed by atoms with Gasteiger partial charge in [0.25, 0.3) is 5.91 Å². The molecule has 7 heteroatoms. The zero-order chi connectivity index (χ0) is 18.8. The standard InChI is InChI=1S/C19H13BrClNO3S/c1-10-2-7-13(15(21)8-10)17(23)22-18-16(19(24)25)14(9-26-18)11-3-5-12(20)6-4-11/h2-9H,1H3,(H,22,23)(H,24,25). The molecule has 0 aliphatic carbocycles. The Balaban J connectivity index is 1.97. The van der Waals surface area contributed by atoms with Crippen LogP contribution < -0.4 is 5.32 Å². The van der Waals surface area contributed by atoms with Crippen molar-refractivity contribution in [2.75, 3.05) is 5.32 Å². The average Bonchev–Trinajstić information content (AvgIpc) is 2.99. The van der Waals surface area contributed by atoms with Crippen molar-refractivity contribution in [3.8, 4) is 11.1 Å². The fourth-order valence-electron chi connectivity index (χ4n) is 2.48.